The van der Waals surface area contributed by atoms with Crippen LogP contribution in [0.5, 0.6) is 0 Å². The topological polar surface area (TPSA) is 82.5 Å². The Kier molecular flexibility index (Phi) is 3.83. The molecule has 7 heteroatoms. The maximum Gasteiger partial charge on any atom is 0.326 e. The minimum atomic E-state index is -1.05. The number of hydrogen-bond donors (Lipinski definition) is 2. The number of anilines is 1. The number of carbonyl (C=O) groups is 2. The molecule has 0 fully saturated rings. The van der Waals surface area contributed by atoms with Gasteiger partial charge in [-0.3, -0.25) is 5.32 Å². The van der Waals surface area contributed by atoms with Crippen molar-refractivity contribution in [1.29, 1.82) is 0 Å². The average molecular weight is 243 g/mol. The zero-order chi connectivity index (χ0) is 12.3. The molecule has 1 heterocycles. The maximum atomic E-state index is 11.6. The number of urea groups is 1. The summed E-state index contributed by atoms with van der Waals surface area (Å²) in [7, 11) is 1.43. The lowest BCUT2D eigenvalue weighted by Crippen LogP contribution is -2.42. The zero-order valence-corrected chi connectivity index (χ0v) is 10.0. The first-order chi connectivity index (χ1) is 7.41. The van der Waals surface area contributed by atoms with Gasteiger partial charge in [0.25, 0.3) is 0 Å². The third-order valence-corrected chi connectivity index (χ3v) is 2.97. The standard InChI is InChI=1S/C9H13N3O3S/c1-5-4-16-8(10-5)11-9(15)12(3)6(2)7(13)14/h4,6H,1-3H3,(H,13,14)(H,10,11,15). The van der Waals surface area contributed by atoms with Gasteiger partial charge in [0.2, 0.25) is 0 Å². The highest BCUT2D eigenvalue weighted by atomic mass is 32.1. The van der Waals surface area contributed by atoms with Gasteiger partial charge in [0, 0.05) is 12.4 Å². The van der Waals surface area contributed by atoms with E-state index in [2.05, 4.69) is 10.3 Å². The van der Waals surface area contributed by atoms with Crippen molar-refractivity contribution in [2.45, 2.75) is 19.9 Å². The van der Waals surface area contributed by atoms with Gasteiger partial charge >= 0.3 is 12.0 Å². The van der Waals surface area contributed by atoms with Crippen LogP contribution in [0, 0.1) is 6.92 Å². The second-order valence-corrected chi connectivity index (χ2v) is 4.21. The van der Waals surface area contributed by atoms with Gasteiger partial charge in [0.1, 0.15) is 6.04 Å². The van der Waals surface area contributed by atoms with Gasteiger partial charge in [-0.2, -0.15) is 0 Å². The Labute approximate surface area is 96.9 Å². The van der Waals surface area contributed by atoms with Crippen LogP contribution in [0.4, 0.5) is 9.93 Å². The molecule has 0 aliphatic rings. The molecule has 2 N–H and O–H groups in total. The molecule has 0 spiro atoms. The highest BCUT2D eigenvalue weighted by molar-refractivity contribution is 7.13. The van der Waals surface area contributed by atoms with Crippen molar-refractivity contribution < 1.29 is 14.7 Å². The van der Waals surface area contributed by atoms with Crippen LogP contribution in [0.15, 0.2) is 5.38 Å². The summed E-state index contributed by atoms with van der Waals surface area (Å²) in [6.45, 7) is 3.25. The normalized spacial score (nSPS) is 11.9. The van der Waals surface area contributed by atoms with Gasteiger partial charge in [-0.05, 0) is 13.8 Å². The second-order valence-electron chi connectivity index (χ2n) is 3.35. The summed E-state index contributed by atoms with van der Waals surface area (Å²) in [6, 6.07) is -1.36. The van der Waals surface area contributed by atoms with Gasteiger partial charge < -0.3 is 10.0 Å². The Bertz CT molecular complexity index is 404. The van der Waals surface area contributed by atoms with E-state index in [4.69, 9.17) is 5.11 Å². The van der Waals surface area contributed by atoms with Crippen LogP contribution in [0.2, 0.25) is 0 Å². The molecule has 1 rings (SSSR count). The first kappa shape index (κ1) is 12.4. The largest absolute Gasteiger partial charge is 0.480 e. The number of carbonyl (C=O) groups excluding carboxylic acids is 1. The lowest BCUT2D eigenvalue weighted by atomic mass is 10.3. The first-order valence-electron chi connectivity index (χ1n) is 4.60. The predicted molar refractivity (Wildman–Crippen MR) is 60.7 cm³/mol. The molecule has 1 aromatic rings. The van der Waals surface area contributed by atoms with Crippen LogP contribution in [0.1, 0.15) is 12.6 Å². The monoisotopic (exact) mass is 243 g/mol. The number of aryl methyl sites for hydroxylation is 1. The molecule has 1 aromatic heterocycles. The molecule has 0 aromatic carbocycles. The number of aromatic nitrogens is 1. The number of hydrogen-bond acceptors (Lipinski definition) is 4. The molecule has 0 bridgehead atoms. The Balaban J connectivity index is 2.62. The molecule has 0 radical (unpaired) electrons. The Hall–Kier alpha value is -1.63. The highest BCUT2D eigenvalue weighted by Gasteiger charge is 2.22. The third kappa shape index (κ3) is 2.93. The summed E-state index contributed by atoms with van der Waals surface area (Å²) >= 11 is 1.30. The number of thiazole rings is 1. The third-order valence-electron chi connectivity index (χ3n) is 2.09. The fourth-order valence-corrected chi connectivity index (χ4v) is 1.61. The number of aliphatic carboxylic acids is 1. The van der Waals surface area contributed by atoms with E-state index >= 15 is 0 Å². The number of carboxylic acid groups (broad SMARTS) is 1. The van der Waals surface area contributed by atoms with Crippen molar-refractivity contribution >= 4 is 28.5 Å². The lowest BCUT2D eigenvalue weighted by molar-refractivity contribution is -0.141. The maximum absolute atomic E-state index is 11.6. The highest BCUT2D eigenvalue weighted by Crippen LogP contribution is 2.15. The number of nitrogens with one attached hydrogen (secondary N) is 1. The lowest BCUT2D eigenvalue weighted by Gasteiger charge is -2.20. The molecular formula is C9H13N3O3S. The van der Waals surface area contributed by atoms with Crippen LogP contribution in [0.3, 0.4) is 0 Å². The molecule has 0 aliphatic heterocycles. The number of carboxylic acids is 1. The van der Waals surface area contributed by atoms with Crippen LogP contribution in [-0.2, 0) is 4.79 Å². The van der Waals surface area contributed by atoms with E-state index in [1.165, 1.54) is 25.3 Å². The molecule has 0 saturated heterocycles. The molecule has 0 saturated carbocycles. The Morgan fingerprint density at radius 2 is 2.25 bits per heavy atom. The van der Waals surface area contributed by atoms with Crippen molar-refractivity contribution in [3.05, 3.63) is 11.1 Å². The fraction of sp³-hybridized carbons (Fsp3) is 0.444. The molecule has 16 heavy (non-hydrogen) atoms. The van der Waals surface area contributed by atoms with Crippen LogP contribution in [-0.4, -0.2) is 40.1 Å². The van der Waals surface area contributed by atoms with E-state index in [9.17, 15) is 9.59 Å². The van der Waals surface area contributed by atoms with E-state index < -0.39 is 18.0 Å². The molecule has 6 nitrogen and oxygen atoms in total. The quantitative estimate of drug-likeness (QED) is 0.840. The summed E-state index contributed by atoms with van der Waals surface area (Å²) in [4.78, 5) is 27.4. The van der Waals surface area contributed by atoms with Crippen molar-refractivity contribution in [2.75, 3.05) is 12.4 Å². The second kappa shape index (κ2) is 4.93. The minimum absolute atomic E-state index is 0.465. The van der Waals surface area contributed by atoms with Gasteiger partial charge in [0.15, 0.2) is 5.13 Å². The van der Waals surface area contributed by atoms with Crippen molar-refractivity contribution in [3.8, 4) is 0 Å². The van der Waals surface area contributed by atoms with Gasteiger partial charge in [-0.15, -0.1) is 11.3 Å². The summed E-state index contributed by atoms with van der Waals surface area (Å²) in [6.07, 6.45) is 0. The van der Waals surface area contributed by atoms with Crippen LogP contribution < -0.4 is 5.32 Å². The van der Waals surface area contributed by atoms with Crippen molar-refractivity contribution in [1.82, 2.24) is 9.88 Å². The first-order valence-corrected chi connectivity index (χ1v) is 5.48. The summed E-state index contributed by atoms with van der Waals surface area (Å²) in [5.74, 6) is -1.05. The van der Waals surface area contributed by atoms with E-state index in [0.29, 0.717) is 5.13 Å². The van der Waals surface area contributed by atoms with E-state index in [0.717, 1.165) is 10.6 Å². The van der Waals surface area contributed by atoms with Crippen molar-refractivity contribution in [3.63, 3.8) is 0 Å². The number of nitrogens with zero attached hydrogens (tertiary/aromatic N) is 2. The molecule has 2 amide bonds. The number of likely N-dealkylation sites (N-methyl/N-ethyl adjacent to an activating group) is 1. The molecule has 1 unspecified atom stereocenters. The number of amides is 2. The smallest absolute Gasteiger partial charge is 0.326 e. The van der Waals surface area contributed by atoms with Gasteiger partial charge in [0.05, 0.1) is 5.69 Å². The summed E-state index contributed by atoms with van der Waals surface area (Å²) < 4.78 is 0. The molecule has 88 valence electrons. The Morgan fingerprint density at radius 1 is 1.62 bits per heavy atom. The average Bonchev–Trinajstić information content (AvgIpc) is 2.61. The molecule has 0 aliphatic carbocycles. The summed E-state index contributed by atoms with van der Waals surface area (Å²) in [5, 5.41) is 13.5. The Morgan fingerprint density at radius 3 is 2.69 bits per heavy atom. The van der Waals surface area contributed by atoms with Crippen LogP contribution in [0.25, 0.3) is 0 Å². The molecular weight excluding hydrogens is 230 g/mol. The number of rotatable bonds is 3. The molecule has 1 atom stereocenters. The van der Waals surface area contributed by atoms with E-state index in [1.54, 1.807) is 5.38 Å². The minimum Gasteiger partial charge on any atom is -0.480 e. The SMILES string of the molecule is Cc1csc(NC(=O)N(C)C(C)C(=O)O)n1. The van der Waals surface area contributed by atoms with E-state index in [1.807, 2.05) is 6.92 Å². The summed E-state index contributed by atoms with van der Waals surface area (Å²) in [5.41, 5.74) is 0.814. The van der Waals surface area contributed by atoms with E-state index in [-0.39, 0.29) is 0 Å². The fourth-order valence-electron chi connectivity index (χ4n) is 0.933. The van der Waals surface area contributed by atoms with Gasteiger partial charge in [-0.1, -0.05) is 0 Å². The predicted octanol–water partition coefficient (Wildman–Crippen LogP) is 1.39. The van der Waals surface area contributed by atoms with Crippen molar-refractivity contribution in [2.24, 2.45) is 0 Å². The van der Waals surface area contributed by atoms with Gasteiger partial charge in [-0.25, -0.2) is 14.6 Å². The zero-order valence-electron chi connectivity index (χ0n) is 9.22. The van der Waals surface area contributed by atoms with Crippen LogP contribution >= 0.6 is 11.3 Å².